The summed E-state index contributed by atoms with van der Waals surface area (Å²) in [7, 11) is 1.81. The van der Waals surface area contributed by atoms with E-state index in [-0.39, 0.29) is 0 Å². The molecule has 0 saturated heterocycles. The van der Waals surface area contributed by atoms with Crippen LogP contribution >= 0.6 is 35.0 Å². The van der Waals surface area contributed by atoms with Gasteiger partial charge in [-0.15, -0.1) is 11.8 Å². The molecule has 0 aliphatic carbocycles. The lowest BCUT2D eigenvalue weighted by Crippen LogP contribution is -1.91. The molecule has 0 heterocycles. The Bertz CT molecular complexity index is 364. The van der Waals surface area contributed by atoms with Gasteiger partial charge in [0.2, 0.25) is 0 Å². The van der Waals surface area contributed by atoms with Crippen molar-refractivity contribution in [3.05, 3.63) is 33.8 Å². The Morgan fingerprint density at radius 3 is 2.67 bits per heavy atom. The number of nitrogens with zero attached hydrogens (tertiary/aromatic N) is 1. The average molecular weight is 262 g/mol. The summed E-state index contributed by atoms with van der Waals surface area (Å²) in [6, 6.07) is 5.59. The molecule has 0 N–H and O–H groups in total. The molecule has 0 saturated carbocycles. The zero-order valence-corrected chi connectivity index (χ0v) is 11.1. The van der Waals surface area contributed by atoms with Crippen molar-refractivity contribution < 1.29 is 0 Å². The summed E-state index contributed by atoms with van der Waals surface area (Å²) >= 11 is 13.6. The van der Waals surface area contributed by atoms with Crippen LogP contribution in [0.5, 0.6) is 0 Å². The third kappa shape index (κ3) is 4.06. The van der Waals surface area contributed by atoms with E-state index in [9.17, 15) is 0 Å². The molecule has 0 bridgehead atoms. The normalized spacial score (nSPS) is 11.9. The first-order chi connectivity index (χ1) is 7.17. The number of hydrogen-bond acceptors (Lipinski definition) is 2. The SMILES string of the molecule is CCC(=NC)SCc1ccc(Cl)cc1Cl. The molecule has 1 aromatic rings. The van der Waals surface area contributed by atoms with E-state index in [1.165, 1.54) is 0 Å². The first kappa shape index (κ1) is 12.9. The Morgan fingerprint density at radius 2 is 2.13 bits per heavy atom. The lowest BCUT2D eigenvalue weighted by Gasteiger charge is -2.05. The Hall–Kier alpha value is -0.180. The second-order valence-electron chi connectivity index (χ2n) is 3.00. The molecular weight excluding hydrogens is 249 g/mol. The molecule has 0 aromatic heterocycles. The summed E-state index contributed by atoms with van der Waals surface area (Å²) in [6.07, 6.45) is 0.965. The number of halogens is 2. The van der Waals surface area contributed by atoms with Gasteiger partial charge >= 0.3 is 0 Å². The zero-order chi connectivity index (χ0) is 11.3. The van der Waals surface area contributed by atoms with E-state index in [4.69, 9.17) is 23.2 Å². The third-order valence-electron chi connectivity index (χ3n) is 1.96. The number of thioether (sulfide) groups is 1. The molecule has 4 heteroatoms. The molecule has 0 spiro atoms. The predicted octanol–water partition coefficient (Wildman–Crippen LogP) is 4.66. The molecule has 0 atom stereocenters. The zero-order valence-electron chi connectivity index (χ0n) is 8.76. The molecule has 0 radical (unpaired) electrons. The highest BCUT2D eigenvalue weighted by atomic mass is 35.5. The molecular formula is C11H13Cl2NS. The smallest absolute Gasteiger partial charge is 0.0672 e. The Morgan fingerprint density at radius 1 is 1.40 bits per heavy atom. The Labute approximate surface area is 105 Å². The van der Waals surface area contributed by atoms with Crippen LogP contribution in [0.15, 0.2) is 23.2 Å². The van der Waals surface area contributed by atoms with Gasteiger partial charge in [0.15, 0.2) is 0 Å². The van der Waals surface area contributed by atoms with Crippen molar-refractivity contribution in [1.82, 2.24) is 0 Å². The van der Waals surface area contributed by atoms with Gasteiger partial charge in [0, 0.05) is 22.8 Å². The number of benzene rings is 1. The predicted molar refractivity (Wildman–Crippen MR) is 71.4 cm³/mol. The van der Waals surface area contributed by atoms with Crippen LogP contribution in [0.1, 0.15) is 18.9 Å². The average Bonchev–Trinajstić information content (AvgIpc) is 2.22. The molecule has 0 amide bonds. The van der Waals surface area contributed by atoms with Crippen molar-refractivity contribution in [3.8, 4) is 0 Å². The minimum absolute atomic E-state index is 0.675. The fourth-order valence-corrected chi connectivity index (χ4v) is 2.59. The first-order valence-corrected chi connectivity index (χ1v) is 6.44. The van der Waals surface area contributed by atoms with Gasteiger partial charge in [-0.2, -0.15) is 0 Å². The van der Waals surface area contributed by atoms with Crippen LogP contribution in [0.4, 0.5) is 0 Å². The van der Waals surface area contributed by atoms with Gasteiger partial charge in [-0.3, -0.25) is 4.99 Å². The number of hydrogen-bond donors (Lipinski definition) is 0. The standard InChI is InChI=1S/C11H13Cl2NS/c1-3-11(14-2)15-7-8-4-5-9(12)6-10(8)13/h4-6H,3,7H2,1-2H3. The Kier molecular flexibility index (Phi) is 5.51. The van der Waals surface area contributed by atoms with Crippen molar-refractivity contribution in [1.29, 1.82) is 0 Å². The van der Waals surface area contributed by atoms with Crippen LogP contribution in [0, 0.1) is 0 Å². The van der Waals surface area contributed by atoms with Crippen molar-refractivity contribution >= 4 is 40.0 Å². The van der Waals surface area contributed by atoms with Gasteiger partial charge in [-0.05, 0) is 24.1 Å². The van der Waals surface area contributed by atoms with E-state index < -0.39 is 0 Å². The lowest BCUT2D eigenvalue weighted by atomic mass is 10.2. The summed E-state index contributed by atoms with van der Waals surface area (Å²) in [6.45, 7) is 2.10. The summed E-state index contributed by atoms with van der Waals surface area (Å²) in [5.41, 5.74) is 1.10. The van der Waals surface area contributed by atoms with Crippen LogP contribution in [-0.2, 0) is 5.75 Å². The fraction of sp³-hybridized carbons (Fsp3) is 0.364. The van der Waals surface area contributed by atoms with Crippen molar-refractivity contribution in [2.45, 2.75) is 19.1 Å². The van der Waals surface area contributed by atoms with E-state index in [2.05, 4.69) is 11.9 Å². The minimum atomic E-state index is 0.675. The van der Waals surface area contributed by atoms with E-state index in [0.29, 0.717) is 5.02 Å². The minimum Gasteiger partial charge on any atom is -0.286 e. The molecule has 82 valence electrons. The molecule has 0 aliphatic rings. The van der Waals surface area contributed by atoms with E-state index in [1.54, 1.807) is 17.8 Å². The molecule has 0 fully saturated rings. The summed E-state index contributed by atoms with van der Waals surface area (Å²) in [5, 5.41) is 2.54. The van der Waals surface area contributed by atoms with Gasteiger partial charge in [0.1, 0.15) is 0 Å². The van der Waals surface area contributed by atoms with E-state index >= 15 is 0 Å². The van der Waals surface area contributed by atoms with E-state index in [0.717, 1.165) is 27.8 Å². The monoisotopic (exact) mass is 261 g/mol. The second kappa shape index (κ2) is 6.41. The van der Waals surface area contributed by atoms with Crippen molar-refractivity contribution in [2.75, 3.05) is 7.05 Å². The van der Waals surface area contributed by atoms with Crippen LogP contribution in [0.2, 0.25) is 10.0 Å². The second-order valence-corrected chi connectivity index (χ2v) is 4.89. The number of aliphatic imine (C=N–C) groups is 1. The Balaban J connectivity index is 2.65. The fourth-order valence-electron chi connectivity index (χ4n) is 1.12. The van der Waals surface area contributed by atoms with Gasteiger partial charge < -0.3 is 0 Å². The molecule has 1 aromatic carbocycles. The molecule has 0 unspecified atom stereocenters. The maximum absolute atomic E-state index is 6.06. The lowest BCUT2D eigenvalue weighted by molar-refractivity contribution is 1.28. The van der Waals surface area contributed by atoms with E-state index in [1.807, 2.05) is 19.2 Å². The summed E-state index contributed by atoms with van der Waals surface area (Å²) in [5.74, 6) is 0.844. The summed E-state index contributed by atoms with van der Waals surface area (Å²) < 4.78 is 0. The van der Waals surface area contributed by atoms with Crippen molar-refractivity contribution in [3.63, 3.8) is 0 Å². The topological polar surface area (TPSA) is 12.4 Å². The van der Waals surface area contributed by atoms with Gasteiger partial charge in [0.05, 0.1) is 5.04 Å². The molecule has 15 heavy (non-hydrogen) atoms. The highest BCUT2D eigenvalue weighted by Gasteiger charge is 2.03. The van der Waals surface area contributed by atoms with Gasteiger partial charge in [-0.25, -0.2) is 0 Å². The van der Waals surface area contributed by atoms with Crippen LogP contribution in [-0.4, -0.2) is 12.1 Å². The highest BCUT2D eigenvalue weighted by molar-refractivity contribution is 8.13. The first-order valence-electron chi connectivity index (χ1n) is 4.69. The van der Waals surface area contributed by atoms with Gasteiger partial charge in [-0.1, -0.05) is 36.2 Å². The summed E-state index contributed by atoms with van der Waals surface area (Å²) in [4.78, 5) is 4.18. The molecule has 1 nitrogen and oxygen atoms in total. The largest absolute Gasteiger partial charge is 0.286 e. The maximum atomic E-state index is 6.06. The third-order valence-corrected chi connectivity index (χ3v) is 3.81. The quantitative estimate of drug-likeness (QED) is 0.569. The molecule has 0 aliphatic heterocycles. The highest BCUT2D eigenvalue weighted by Crippen LogP contribution is 2.25. The maximum Gasteiger partial charge on any atom is 0.0672 e. The van der Waals surface area contributed by atoms with Crippen LogP contribution in [0.3, 0.4) is 0 Å². The van der Waals surface area contributed by atoms with Gasteiger partial charge in [0.25, 0.3) is 0 Å². The number of rotatable bonds is 3. The van der Waals surface area contributed by atoms with Crippen molar-refractivity contribution in [2.24, 2.45) is 4.99 Å². The van der Waals surface area contributed by atoms with Crippen LogP contribution < -0.4 is 0 Å². The molecule has 1 rings (SSSR count). The van der Waals surface area contributed by atoms with Crippen LogP contribution in [0.25, 0.3) is 0 Å².